The van der Waals surface area contributed by atoms with Gasteiger partial charge < -0.3 is 10.3 Å². The van der Waals surface area contributed by atoms with Crippen LogP contribution in [0.5, 0.6) is 0 Å². The number of hydrogen-bond acceptors (Lipinski definition) is 2. The Labute approximate surface area is 112 Å². The number of nitrogens with two attached hydrogens (primary N) is 1. The third kappa shape index (κ3) is 1.63. The Kier molecular flexibility index (Phi) is 2.77. The van der Waals surface area contributed by atoms with Gasteiger partial charge in [-0.15, -0.1) is 0 Å². The van der Waals surface area contributed by atoms with Gasteiger partial charge in [0.2, 0.25) is 0 Å². The van der Waals surface area contributed by atoms with Crippen molar-refractivity contribution in [3.8, 4) is 0 Å². The molecule has 0 amide bonds. The van der Waals surface area contributed by atoms with Crippen LogP contribution in [0.3, 0.4) is 0 Å². The number of benzene rings is 1. The standard InChI is InChI=1S/C14H13F3N2O/c1-2-6-5-8(20)9-13(18)11(16)10(15)12(17)14(9)19(6)7-3-4-7/h5,7H,2-4,18H2,1H3. The molecule has 1 aliphatic rings. The van der Waals surface area contributed by atoms with Gasteiger partial charge in [0.15, 0.2) is 22.9 Å². The Hall–Kier alpha value is -1.98. The Morgan fingerprint density at radius 1 is 1.25 bits per heavy atom. The molecule has 2 aromatic rings. The molecule has 1 aliphatic carbocycles. The summed E-state index contributed by atoms with van der Waals surface area (Å²) in [5, 5.41) is -0.273. The summed E-state index contributed by atoms with van der Waals surface area (Å²) in [6, 6.07) is 1.35. The van der Waals surface area contributed by atoms with E-state index in [9.17, 15) is 18.0 Å². The molecule has 1 aromatic carbocycles. The van der Waals surface area contributed by atoms with Crippen LogP contribution in [-0.4, -0.2) is 4.57 Å². The molecule has 0 spiro atoms. The lowest BCUT2D eigenvalue weighted by Gasteiger charge is -2.17. The van der Waals surface area contributed by atoms with Crippen LogP contribution in [0.1, 0.15) is 31.5 Å². The van der Waals surface area contributed by atoms with E-state index in [-0.39, 0.29) is 16.9 Å². The van der Waals surface area contributed by atoms with E-state index in [1.54, 1.807) is 4.57 Å². The second-order valence-electron chi connectivity index (χ2n) is 5.03. The van der Waals surface area contributed by atoms with Crippen molar-refractivity contribution >= 4 is 16.6 Å². The normalized spacial score (nSPS) is 15.0. The SMILES string of the molecule is CCc1cc(=O)c2c(N)c(F)c(F)c(F)c2n1C1CC1. The Morgan fingerprint density at radius 3 is 2.45 bits per heavy atom. The molecule has 1 heterocycles. The van der Waals surface area contributed by atoms with Crippen molar-refractivity contribution < 1.29 is 13.2 Å². The minimum atomic E-state index is -1.63. The van der Waals surface area contributed by atoms with Crippen LogP contribution in [0, 0.1) is 17.5 Å². The van der Waals surface area contributed by atoms with Gasteiger partial charge in [-0.3, -0.25) is 4.79 Å². The summed E-state index contributed by atoms with van der Waals surface area (Å²) < 4.78 is 42.9. The van der Waals surface area contributed by atoms with Gasteiger partial charge in [0, 0.05) is 17.8 Å². The minimum Gasteiger partial charge on any atom is -0.396 e. The number of nitrogen functional groups attached to an aromatic ring is 1. The molecule has 0 unspecified atom stereocenters. The fourth-order valence-electron chi connectivity index (χ4n) is 2.60. The number of rotatable bonds is 2. The quantitative estimate of drug-likeness (QED) is 0.680. The molecule has 1 aromatic heterocycles. The van der Waals surface area contributed by atoms with E-state index < -0.39 is 28.6 Å². The summed E-state index contributed by atoms with van der Waals surface area (Å²) in [5.41, 5.74) is 4.66. The number of aromatic nitrogens is 1. The zero-order chi connectivity index (χ0) is 14.6. The first-order valence-electron chi connectivity index (χ1n) is 6.47. The van der Waals surface area contributed by atoms with Crippen LogP contribution in [0.2, 0.25) is 0 Å². The fraction of sp³-hybridized carbons (Fsp3) is 0.357. The van der Waals surface area contributed by atoms with Crippen molar-refractivity contribution in [1.82, 2.24) is 4.57 Å². The van der Waals surface area contributed by atoms with Crippen molar-refractivity contribution in [1.29, 1.82) is 0 Å². The minimum absolute atomic E-state index is 0.0202. The van der Waals surface area contributed by atoms with E-state index in [0.717, 1.165) is 12.8 Å². The summed E-state index contributed by atoms with van der Waals surface area (Å²) >= 11 is 0. The smallest absolute Gasteiger partial charge is 0.198 e. The van der Waals surface area contributed by atoms with Crippen LogP contribution in [0.25, 0.3) is 10.9 Å². The Balaban J connectivity index is 2.58. The van der Waals surface area contributed by atoms with Crippen molar-refractivity contribution in [3.63, 3.8) is 0 Å². The second-order valence-corrected chi connectivity index (χ2v) is 5.03. The van der Waals surface area contributed by atoms with Gasteiger partial charge in [-0.25, -0.2) is 13.2 Å². The van der Waals surface area contributed by atoms with Gasteiger partial charge in [-0.2, -0.15) is 0 Å². The van der Waals surface area contributed by atoms with Crippen LogP contribution >= 0.6 is 0 Å². The topological polar surface area (TPSA) is 48.0 Å². The summed E-state index contributed by atoms with van der Waals surface area (Å²) in [7, 11) is 0. The first-order valence-corrected chi connectivity index (χ1v) is 6.47. The lowest BCUT2D eigenvalue weighted by Crippen LogP contribution is -2.17. The average Bonchev–Trinajstić information content (AvgIpc) is 3.25. The van der Waals surface area contributed by atoms with E-state index in [0.29, 0.717) is 12.1 Å². The molecule has 0 aliphatic heterocycles. The molecule has 6 heteroatoms. The average molecular weight is 282 g/mol. The summed E-state index contributed by atoms with van der Waals surface area (Å²) in [6.45, 7) is 1.82. The van der Waals surface area contributed by atoms with E-state index in [2.05, 4.69) is 0 Å². The number of anilines is 1. The van der Waals surface area contributed by atoms with E-state index in [1.165, 1.54) is 6.07 Å². The predicted molar refractivity (Wildman–Crippen MR) is 70.1 cm³/mol. The molecule has 0 atom stereocenters. The number of hydrogen-bond donors (Lipinski definition) is 1. The zero-order valence-corrected chi connectivity index (χ0v) is 10.8. The van der Waals surface area contributed by atoms with E-state index in [1.807, 2.05) is 6.92 Å². The molecule has 2 N–H and O–H groups in total. The Bertz CT molecular complexity index is 779. The summed E-state index contributed by atoms with van der Waals surface area (Å²) in [4.78, 5) is 12.0. The predicted octanol–water partition coefficient (Wildman–Crippen LogP) is 2.90. The largest absolute Gasteiger partial charge is 0.396 e. The molecule has 3 rings (SSSR count). The van der Waals surface area contributed by atoms with Gasteiger partial charge in [0.05, 0.1) is 16.6 Å². The van der Waals surface area contributed by atoms with Crippen molar-refractivity contribution in [3.05, 3.63) is 39.4 Å². The van der Waals surface area contributed by atoms with E-state index >= 15 is 0 Å². The lowest BCUT2D eigenvalue weighted by atomic mass is 10.1. The van der Waals surface area contributed by atoms with Gasteiger partial charge in [0.25, 0.3) is 0 Å². The maximum atomic E-state index is 14.2. The molecule has 0 bridgehead atoms. The number of nitrogens with zero attached hydrogens (tertiary/aromatic N) is 1. The monoisotopic (exact) mass is 282 g/mol. The zero-order valence-electron chi connectivity index (χ0n) is 10.8. The van der Waals surface area contributed by atoms with Gasteiger partial charge in [-0.05, 0) is 19.3 Å². The fourth-order valence-corrected chi connectivity index (χ4v) is 2.60. The third-order valence-corrected chi connectivity index (χ3v) is 3.70. The van der Waals surface area contributed by atoms with E-state index in [4.69, 9.17) is 5.73 Å². The Morgan fingerprint density at radius 2 is 1.90 bits per heavy atom. The highest BCUT2D eigenvalue weighted by Gasteiger charge is 2.31. The highest BCUT2D eigenvalue weighted by molar-refractivity contribution is 5.91. The lowest BCUT2D eigenvalue weighted by molar-refractivity contribution is 0.452. The molecular weight excluding hydrogens is 269 g/mol. The molecule has 0 saturated heterocycles. The number of halogens is 3. The molecule has 0 radical (unpaired) electrons. The second kappa shape index (κ2) is 4.26. The van der Waals surface area contributed by atoms with Crippen LogP contribution in [-0.2, 0) is 6.42 Å². The maximum Gasteiger partial charge on any atom is 0.198 e. The number of fused-ring (bicyclic) bond motifs is 1. The molecule has 1 fully saturated rings. The molecule has 1 saturated carbocycles. The van der Waals surface area contributed by atoms with Crippen molar-refractivity contribution in [2.75, 3.05) is 5.73 Å². The van der Waals surface area contributed by atoms with Crippen LogP contribution in [0.15, 0.2) is 10.9 Å². The highest BCUT2D eigenvalue weighted by atomic mass is 19.2. The van der Waals surface area contributed by atoms with Crippen LogP contribution < -0.4 is 11.2 Å². The van der Waals surface area contributed by atoms with Gasteiger partial charge in [-0.1, -0.05) is 6.92 Å². The maximum absolute atomic E-state index is 14.2. The number of aryl methyl sites for hydroxylation is 1. The van der Waals surface area contributed by atoms with Gasteiger partial charge in [0.1, 0.15) is 0 Å². The third-order valence-electron chi connectivity index (χ3n) is 3.70. The molecule has 3 nitrogen and oxygen atoms in total. The van der Waals surface area contributed by atoms with Crippen molar-refractivity contribution in [2.24, 2.45) is 0 Å². The summed E-state index contributed by atoms with van der Waals surface area (Å²) in [5.74, 6) is -4.47. The first kappa shape index (κ1) is 13.0. The summed E-state index contributed by atoms with van der Waals surface area (Å²) in [6.07, 6.45) is 2.15. The molecule has 106 valence electrons. The highest BCUT2D eigenvalue weighted by Crippen LogP contribution is 2.40. The van der Waals surface area contributed by atoms with Gasteiger partial charge >= 0.3 is 0 Å². The van der Waals surface area contributed by atoms with Crippen molar-refractivity contribution in [2.45, 2.75) is 32.2 Å². The molecular formula is C14H13F3N2O. The first-order chi connectivity index (χ1) is 9.47. The molecule has 20 heavy (non-hydrogen) atoms. The number of pyridine rings is 1. The van der Waals surface area contributed by atoms with Crippen LogP contribution in [0.4, 0.5) is 18.9 Å².